The Labute approximate surface area is 127 Å². The predicted molar refractivity (Wildman–Crippen MR) is 81.3 cm³/mol. The summed E-state index contributed by atoms with van der Waals surface area (Å²) in [7, 11) is 0. The van der Waals surface area contributed by atoms with E-state index in [1.807, 2.05) is 19.1 Å². The predicted octanol–water partition coefficient (Wildman–Crippen LogP) is 2.49. The van der Waals surface area contributed by atoms with Gasteiger partial charge in [0.05, 0.1) is 12.2 Å². The number of amides is 1. The lowest BCUT2D eigenvalue weighted by Crippen LogP contribution is -2.47. The van der Waals surface area contributed by atoms with Gasteiger partial charge in [-0.2, -0.15) is 0 Å². The molecule has 0 saturated heterocycles. The molecule has 0 saturated carbocycles. The van der Waals surface area contributed by atoms with Crippen molar-refractivity contribution in [1.29, 1.82) is 0 Å². The molecule has 1 amide bonds. The number of fused-ring (bicyclic) bond motifs is 1. The van der Waals surface area contributed by atoms with Gasteiger partial charge in [0, 0.05) is 5.56 Å². The molecule has 0 unspecified atom stereocenters. The summed E-state index contributed by atoms with van der Waals surface area (Å²) < 4.78 is 5.44. The maximum atomic E-state index is 12.7. The summed E-state index contributed by atoms with van der Waals surface area (Å²) in [6.45, 7) is 1.93. The third-order valence-electron chi connectivity index (χ3n) is 3.59. The van der Waals surface area contributed by atoms with Crippen LogP contribution in [0.3, 0.4) is 0 Å². The van der Waals surface area contributed by atoms with Gasteiger partial charge >= 0.3 is 5.97 Å². The number of ether oxygens (including phenoxy) is 1. The molecule has 5 nitrogen and oxygen atoms in total. The first-order valence-electron chi connectivity index (χ1n) is 6.93. The van der Waals surface area contributed by atoms with Gasteiger partial charge in [0.25, 0.3) is 5.91 Å². The SMILES string of the molecule is Cc1ccc(C(=O)N2C[C@H](C(=O)O)Oc3ccccc32)cc1. The lowest BCUT2D eigenvalue weighted by molar-refractivity contribution is -0.144. The highest BCUT2D eigenvalue weighted by Gasteiger charge is 2.33. The molecule has 2 aromatic carbocycles. The number of benzene rings is 2. The van der Waals surface area contributed by atoms with Gasteiger partial charge in [-0.3, -0.25) is 4.79 Å². The number of nitrogens with zero attached hydrogens (tertiary/aromatic N) is 1. The number of hydrogen-bond acceptors (Lipinski definition) is 3. The highest BCUT2D eigenvalue weighted by molar-refractivity contribution is 6.07. The Morgan fingerprint density at radius 1 is 1.14 bits per heavy atom. The normalized spacial score (nSPS) is 16.6. The number of hydrogen-bond donors (Lipinski definition) is 1. The zero-order valence-corrected chi connectivity index (χ0v) is 12.0. The summed E-state index contributed by atoms with van der Waals surface area (Å²) in [4.78, 5) is 25.4. The number of anilines is 1. The molecule has 3 rings (SSSR count). The molecule has 1 aliphatic heterocycles. The van der Waals surface area contributed by atoms with Gasteiger partial charge in [-0.25, -0.2) is 4.79 Å². The zero-order chi connectivity index (χ0) is 15.7. The minimum absolute atomic E-state index is 0.0148. The molecular weight excluding hydrogens is 282 g/mol. The van der Waals surface area contributed by atoms with E-state index < -0.39 is 12.1 Å². The van der Waals surface area contributed by atoms with Crippen molar-refractivity contribution in [3.8, 4) is 5.75 Å². The van der Waals surface area contributed by atoms with Crippen LogP contribution in [0.2, 0.25) is 0 Å². The highest BCUT2D eigenvalue weighted by atomic mass is 16.5. The lowest BCUT2D eigenvalue weighted by atomic mass is 10.1. The number of para-hydroxylation sites is 2. The van der Waals surface area contributed by atoms with Gasteiger partial charge in [-0.1, -0.05) is 29.8 Å². The largest absolute Gasteiger partial charge is 0.478 e. The molecule has 0 aromatic heterocycles. The van der Waals surface area contributed by atoms with Crippen LogP contribution in [0.4, 0.5) is 5.69 Å². The molecule has 0 fully saturated rings. The molecule has 22 heavy (non-hydrogen) atoms. The van der Waals surface area contributed by atoms with E-state index in [1.165, 1.54) is 4.90 Å². The van der Waals surface area contributed by atoms with Gasteiger partial charge in [-0.05, 0) is 31.2 Å². The van der Waals surface area contributed by atoms with E-state index in [0.717, 1.165) is 5.56 Å². The fourth-order valence-corrected chi connectivity index (χ4v) is 2.41. The second kappa shape index (κ2) is 5.52. The van der Waals surface area contributed by atoms with Gasteiger partial charge < -0.3 is 14.7 Å². The minimum Gasteiger partial charge on any atom is -0.478 e. The average molecular weight is 297 g/mol. The van der Waals surface area contributed by atoms with Crippen molar-refractivity contribution in [2.24, 2.45) is 0 Å². The van der Waals surface area contributed by atoms with Crippen LogP contribution in [0, 0.1) is 6.92 Å². The molecule has 1 N–H and O–H groups in total. The smallest absolute Gasteiger partial charge is 0.346 e. The van der Waals surface area contributed by atoms with Crippen molar-refractivity contribution in [2.45, 2.75) is 13.0 Å². The third kappa shape index (κ3) is 2.53. The van der Waals surface area contributed by atoms with E-state index in [-0.39, 0.29) is 12.5 Å². The summed E-state index contributed by atoms with van der Waals surface area (Å²) in [6, 6.07) is 14.1. The monoisotopic (exact) mass is 297 g/mol. The standard InChI is InChI=1S/C17H15NO4/c1-11-6-8-12(9-7-11)16(19)18-10-15(17(20)21)22-14-5-3-2-4-13(14)18/h2-9,15H,10H2,1H3,(H,20,21)/t15-/m1/s1. The van der Waals surface area contributed by atoms with Crippen molar-refractivity contribution >= 4 is 17.6 Å². The molecule has 0 radical (unpaired) electrons. The molecule has 5 heteroatoms. The van der Waals surface area contributed by atoms with E-state index in [0.29, 0.717) is 17.0 Å². The number of rotatable bonds is 2. The molecule has 0 bridgehead atoms. The van der Waals surface area contributed by atoms with Gasteiger partial charge in [-0.15, -0.1) is 0 Å². The number of aliphatic carboxylic acids is 1. The first kappa shape index (κ1) is 14.1. The van der Waals surface area contributed by atoms with Crippen LogP contribution in [0.25, 0.3) is 0 Å². The molecular formula is C17H15NO4. The molecule has 2 aromatic rings. The number of carbonyl (C=O) groups excluding carboxylic acids is 1. The summed E-state index contributed by atoms with van der Waals surface area (Å²) in [5.41, 5.74) is 2.17. The second-order valence-electron chi connectivity index (χ2n) is 5.19. The van der Waals surface area contributed by atoms with E-state index in [4.69, 9.17) is 4.74 Å². The van der Waals surface area contributed by atoms with Crippen molar-refractivity contribution in [3.05, 3.63) is 59.7 Å². The molecule has 112 valence electrons. The summed E-state index contributed by atoms with van der Waals surface area (Å²) >= 11 is 0. The van der Waals surface area contributed by atoms with Crippen LogP contribution >= 0.6 is 0 Å². The molecule has 1 heterocycles. The zero-order valence-electron chi connectivity index (χ0n) is 12.0. The van der Waals surface area contributed by atoms with Gasteiger partial charge in [0.2, 0.25) is 6.10 Å². The van der Waals surface area contributed by atoms with Crippen LogP contribution in [0.15, 0.2) is 48.5 Å². The first-order chi connectivity index (χ1) is 10.6. The quantitative estimate of drug-likeness (QED) is 0.924. The van der Waals surface area contributed by atoms with E-state index >= 15 is 0 Å². The Bertz CT molecular complexity index is 724. The summed E-state index contributed by atoms with van der Waals surface area (Å²) in [5.74, 6) is -0.917. The Morgan fingerprint density at radius 2 is 1.82 bits per heavy atom. The number of carbonyl (C=O) groups is 2. The fourth-order valence-electron chi connectivity index (χ4n) is 2.41. The number of aryl methyl sites for hydroxylation is 1. The Morgan fingerprint density at radius 3 is 2.50 bits per heavy atom. The molecule has 0 aliphatic carbocycles. The molecule has 0 spiro atoms. The minimum atomic E-state index is -1.09. The number of carboxylic acids is 1. The fraction of sp³-hybridized carbons (Fsp3) is 0.176. The Balaban J connectivity index is 1.99. The van der Waals surface area contributed by atoms with Crippen molar-refractivity contribution in [1.82, 2.24) is 0 Å². The van der Waals surface area contributed by atoms with Gasteiger partial charge in [0.1, 0.15) is 5.75 Å². The first-order valence-corrected chi connectivity index (χ1v) is 6.93. The van der Waals surface area contributed by atoms with E-state index in [1.54, 1.807) is 36.4 Å². The summed E-state index contributed by atoms with van der Waals surface area (Å²) in [5, 5.41) is 9.21. The average Bonchev–Trinajstić information content (AvgIpc) is 2.53. The van der Waals surface area contributed by atoms with Crippen LogP contribution in [-0.2, 0) is 4.79 Å². The van der Waals surface area contributed by atoms with Gasteiger partial charge in [0.15, 0.2) is 0 Å². The van der Waals surface area contributed by atoms with Crippen LogP contribution in [-0.4, -0.2) is 29.6 Å². The van der Waals surface area contributed by atoms with Crippen LogP contribution in [0.5, 0.6) is 5.75 Å². The van der Waals surface area contributed by atoms with E-state index in [2.05, 4.69) is 0 Å². The Kier molecular flexibility index (Phi) is 3.55. The third-order valence-corrected chi connectivity index (χ3v) is 3.59. The van der Waals surface area contributed by atoms with Crippen molar-refractivity contribution in [3.63, 3.8) is 0 Å². The topological polar surface area (TPSA) is 66.8 Å². The van der Waals surface area contributed by atoms with Crippen molar-refractivity contribution < 1.29 is 19.4 Å². The number of carboxylic acid groups (broad SMARTS) is 1. The lowest BCUT2D eigenvalue weighted by Gasteiger charge is -2.33. The van der Waals surface area contributed by atoms with Crippen LogP contribution < -0.4 is 9.64 Å². The maximum absolute atomic E-state index is 12.7. The molecule has 1 atom stereocenters. The van der Waals surface area contributed by atoms with Crippen LogP contribution in [0.1, 0.15) is 15.9 Å². The second-order valence-corrected chi connectivity index (χ2v) is 5.19. The van der Waals surface area contributed by atoms with E-state index in [9.17, 15) is 14.7 Å². The van der Waals surface area contributed by atoms with Crippen molar-refractivity contribution in [2.75, 3.05) is 11.4 Å². The maximum Gasteiger partial charge on any atom is 0.346 e. The molecule has 1 aliphatic rings. The summed E-state index contributed by atoms with van der Waals surface area (Å²) in [6.07, 6.45) is -1.07. The Hall–Kier alpha value is -2.82. The highest BCUT2D eigenvalue weighted by Crippen LogP contribution is 2.34.